The molecule has 2 nitrogen and oxygen atoms in total. The first kappa shape index (κ1) is 5.89. The molecular weight excluding hydrogens is 126 g/mol. The summed E-state index contributed by atoms with van der Waals surface area (Å²) in [6.45, 7) is 0. The first-order valence-electron chi connectivity index (χ1n) is 2.69. The molecule has 0 bridgehead atoms. The van der Waals surface area contributed by atoms with Crippen molar-refractivity contribution in [3.05, 3.63) is 0 Å². The predicted octanol–water partition coefficient (Wildman–Crippen LogP) is 1.61. The quantitative estimate of drug-likeness (QED) is 0.304. The van der Waals surface area contributed by atoms with Gasteiger partial charge in [-0.2, -0.15) is 0 Å². The highest BCUT2D eigenvalue weighted by Crippen LogP contribution is 2.20. The number of oxime groups is 1. The molecule has 1 aliphatic carbocycles. The highest BCUT2D eigenvalue weighted by atomic mass is 35.5. The van der Waals surface area contributed by atoms with Crippen LogP contribution in [-0.4, -0.2) is 16.3 Å². The van der Waals surface area contributed by atoms with Crippen molar-refractivity contribution in [2.24, 2.45) is 5.16 Å². The van der Waals surface area contributed by atoms with E-state index in [4.69, 9.17) is 16.8 Å². The molecule has 0 saturated heterocycles. The number of hydrogen-bond donors (Lipinski definition) is 1. The van der Waals surface area contributed by atoms with Crippen LogP contribution in [0.15, 0.2) is 5.16 Å². The van der Waals surface area contributed by atoms with Gasteiger partial charge in [-0.3, -0.25) is 0 Å². The van der Waals surface area contributed by atoms with Gasteiger partial charge >= 0.3 is 0 Å². The molecular formula is C5H8ClNO. The highest BCUT2D eigenvalue weighted by molar-refractivity contribution is 6.32. The number of alkyl halides is 1. The van der Waals surface area contributed by atoms with E-state index in [0.717, 1.165) is 25.0 Å². The average molecular weight is 134 g/mol. The van der Waals surface area contributed by atoms with E-state index >= 15 is 0 Å². The lowest BCUT2D eigenvalue weighted by Crippen LogP contribution is -2.03. The Morgan fingerprint density at radius 3 is 2.75 bits per heavy atom. The molecule has 1 rings (SSSR count). The molecule has 1 atom stereocenters. The van der Waals surface area contributed by atoms with Crippen molar-refractivity contribution in [3.63, 3.8) is 0 Å². The van der Waals surface area contributed by atoms with E-state index < -0.39 is 0 Å². The van der Waals surface area contributed by atoms with Crippen molar-refractivity contribution in [2.45, 2.75) is 24.6 Å². The van der Waals surface area contributed by atoms with Gasteiger partial charge in [0.05, 0.1) is 11.1 Å². The molecule has 8 heavy (non-hydrogen) atoms. The van der Waals surface area contributed by atoms with Crippen LogP contribution in [0.3, 0.4) is 0 Å². The second-order valence-electron chi connectivity index (χ2n) is 1.95. The lowest BCUT2D eigenvalue weighted by Gasteiger charge is -1.94. The Balaban J connectivity index is 2.55. The summed E-state index contributed by atoms with van der Waals surface area (Å²) in [6.07, 6.45) is 2.89. The summed E-state index contributed by atoms with van der Waals surface area (Å²) in [5.41, 5.74) is 0.742. The molecule has 0 aromatic rings. The molecule has 3 heteroatoms. The highest BCUT2D eigenvalue weighted by Gasteiger charge is 2.19. The summed E-state index contributed by atoms with van der Waals surface area (Å²) in [5.74, 6) is 0. The fraction of sp³-hybridized carbons (Fsp3) is 0.800. The summed E-state index contributed by atoms with van der Waals surface area (Å²) in [6, 6.07) is 0. The van der Waals surface area contributed by atoms with E-state index in [1.54, 1.807) is 0 Å². The average Bonchev–Trinajstić information content (AvgIpc) is 2.14. The van der Waals surface area contributed by atoms with Crippen LogP contribution in [0.5, 0.6) is 0 Å². The van der Waals surface area contributed by atoms with Crippen molar-refractivity contribution in [1.29, 1.82) is 0 Å². The van der Waals surface area contributed by atoms with Crippen LogP contribution < -0.4 is 0 Å². The van der Waals surface area contributed by atoms with Crippen molar-refractivity contribution in [2.75, 3.05) is 0 Å². The summed E-state index contributed by atoms with van der Waals surface area (Å²) in [5, 5.41) is 11.3. The minimum absolute atomic E-state index is 0. The molecule has 0 aromatic heterocycles. The predicted molar refractivity (Wildman–Crippen MR) is 32.7 cm³/mol. The maximum absolute atomic E-state index is 8.24. The third kappa shape index (κ3) is 0.944. The van der Waals surface area contributed by atoms with Crippen LogP contribution >= 0.6 is 11.6 Å². The molecule has 0 radical (unpaired) electrons. The molecule has 1 unspecified atom stereocenters. The van der Waals surface area contributed by atoms with Crippen LogP contribution in [0.1, 0.15) is 19.3 Å². The van der Waals surface area contributed by atoms with Gasteiger partial charge in [0.15, 0.2) is 0 Å². The van der Waals surface area contributed by atoms with Gasteiger partial charge in [0.1, 0.15) is 0 Å². The second kappa shape index (κ2) is 2.35. The first-order chi connectivity index (χ1) is 3.84. The smallest absolute Gasteiger partial charge is 0.0751 e. The zero-order valence-electron chi connectivity index (χ0n) is 4.47. The normalized spacial score (nSPS) is 34.1. The van der Waals surface area contributed by atoms with Gasteiger partial charge in [-0.25, -0.2) is 0 Å². The maximum Gasteiger partial charge on any atom is 0.0751 e. The monoisotopic (exact) mass is 133 g/mol. The summed E-state index contributed by atoms with van der Waals surface area (Å²) >= 11 is 5.69. The van der Waals surface area contributed by atoms with E-state index in [0.29, 0.717) is 0 Å². The van der Waals surface area contributed by atoms with Gasteiger partial charge in [-0.15, -0.1) is 11.6 Å². The Kier molecular flexibility index (Phi) is 1.73. The first-order valence-corrected chi connectivity index (χ1v) is 3.13. The molecule has 1 fully saturated rings. The summed E-state index contributed by atoms with van der Waals surface area (Å²) in [7, 11) is 0. The number of halogens is 1. The molecule has 1 saturated carbocycles. The van der Waals surface area contributed by atoms with Gasteiger partial charge < -0.3 is 5.21 Å². The van der Waals surface area contributed by atoms with Crippen molar-refractivity contribution >= 4 is 17.3 Å². The zero-order valence-corrected chi connectivity index (χ0v) is 5.23. The molecule has 0 spiro atoms. The molecule has 0 heterocycles. The van der Waals surface area contributed by atoms with E-state index in [9.17, 15) is 0 Å². The molecule has 0 amide bonds. The Labute approximate surface area is 53.1 Å². The van der Waals surface area contributed by atoms with Crippen molar-refractivity contribution in [3.8, 4) is 0 Å². The Hall–Kier alpha value is -0.240. The maximum atomic E-state index is 8.24. The van der Waals surface area contributed by atoms with E-state index in [2.05, 4.69) is 5.16 Å². The standard InChI is InChI=1S/C5H8ClNO/c6-4-2-1-3-5(4)7-8/h4,8H,1-3H2. The van der Waals surface area contributed by atoms with Crippen LogP contribution in [0.2, 0.25) is 0 Å². The number of nitrogens with zero attached hydrogens (tertiary/aromatic N) is 1. The minimum Gasteiger partial charge on any atom is -0.411 e. The third-order valence-electron chi connectivity index (χ3n) is 1.38. The third-order valence-corrected chi connectivity index (χ3v) is 1.85. The van der Waals surface area contributed by atoms with Crippen LogP contribution in [0.25, 0.3) is 0 Å². The van der Waals surface area contributed by atoms with Crippen LogP contribution in [0.4, 0.5) is 0 Å². The van der Waals surface area contributed by atoms with Gasteiger partial charge in [-0.05, 0) is 19.3 Å². The molecule has 0 aliphatic heterocycles. The van der Waals surface area contributed by atoms with Gasteiger partial charge in [-0.1, -0.05) is 5.16 Å². The fourth-order valence-electron chi connectivity index (χ4n) is 0.898. The summed E-state index contributed by atoms with van der Waals surface area (Å²) in [4.78, 5) is 0. The van der Waals surface area contributed by atoms with E-state index in [1.807, 2.05) is 0 Å². The largest absolute Gasteiger partial charge is 0.411 e. The Morgan fingerprint density at radius 1 is 1.75 bits per heavy atom. The Bertz CT molecular complexity index is 113. The van der Waals surface area contributed by atoms with Crippen LogP contribution in [-0.2, 0) is 0 Å². The molecule has 46 valence electrons. The molecule has 1 aliphatic rings. The fourth-order valence-corrected chi connectivity index (χ4v) is 1.21. The Morgan fingerprint density at radius 2 is 2.50 bits per heavy atom. The van der Waals surface area contributed by atoms with E-state index in [-0.39, 0.29) is 5.38 Å². The number of rotatable bonds is 0. The topological polar surface area (TPSA) is 32.6 Å². The van der Waals surface area contributed by atoms with E-state index in [1.165, 1.54) is 0 Å². The van der Waals surface area contributed by atoms with Crippen LogP contribution in [0, 0.1) is 0 Å². The lowest BCUT2D eigenvalue weighted by atomic mass is 10.3. The zero-order chi connectivity index (χ0) is 5.98. The lowest BCUT2D eigenvalue weighted by molar-refractivity contribution is 0.317. The summed E-state index contributed by atoms with van der Waals surface area (Å²) < 4.78 is 0. The molecule has 1 N–H and O–H groups in total. The van der Waals surface area contributed by atoms with Crippen molar-refractivity contribution < 1.29 is 5.21 Å². The van der Waals surface area contributed by atoms with Gasteiger partial charge in [0, 0.05) is 0 Å². The van der Waals surface area contributed by atoms with Gasteiger partial charge in [0.25, 0.3) is 0 Å². The van der Waals surface area contributed by atoms with Gasteiger partial charge in [0.2, 0.25) is 0 Å². The number of hydrogen-bond acceptors (Lipinski definition) is 2. The molecule has 0 aromatic carbocycles. The van der Waals surface area contributed by atoms with Crippen molar-refractivity contribution in [1.82, 2.24) is 0 Å². The second-order valence-corrected chi connectivity index (χ2v) is 2.48. The SMILES string of the molecule is ON=C1CCCC1Cl. The minimum atomic E-state index is 0.